The second-order valence-corrected chi connectivity index (χ2v) is 6.50. The molecule has 0 spiro atoms. The van der Waals surface area contributed by atoms with Crippen molar-refractivity contribution in [2.45, 2.75) is 77.2 Å². The minimum Gasteiger partial charge on any atom is -0.481 e. The summed E-state index contributed by atoms with van der Waals surface area (Å²) in [6.07, 6.45) is 17.4. The number of aliphatic hydroxyl groups is 1. The van der Waals surface area contributed by atoms with E-state index in [4.69, 9.17) is 5.11 Å². The van der Waals surface area contributed by atoms with Crippen LogP contribution in [0.15, 0.2) is 24.3 Å². The first-order chi connectivity index (χ1) is 11.6. The lowest BCUT2D eigenvalue weighted by molar-refractivity contribution is -0.137. The lowest BCUT2D eigenvalue weighted by atomic mass is 9.99. The zero-order valence-corrected chi connectivity index (χ0v) is 15.5. The van der Waals surface area contributed by atoms with Crippen LogP contribution in [0.25, 0.3) is 0 Å². The summed E-state index contributed by atoms with van der Waals surface area (Å²) in [6, 6.07) is 0. The third-order valence-corrected chi connectivity index (χ3v) is 4.11. The monoisotopic (exact) mass is 339 g/mol. The lowest BCUT2D eigenvalue weighted by Gasteiger charge is -2.11. The molecule has 0 aromatic rings. The van der Waals surface area contributed by atoms with E-state index in [1.807, 2.05) is 25.3 Å². The van der Waals surface area contributed by atoms with Gasteiger partial charge in [0.25, 0.3) is 0 Å². The van der Waals surface area contributed by atoms with Crippen LogP contribution >= 0.6 is 0 Å². The summed E-state index contributed by atoms with van der Waals surface area (Å²) in [4.78, 5) is 10.5. The average molecular weight is 340 g/mol. The Kier molecular flexibility index (Phi) is 15.9. The van der Waals surface area contributed by atoms with Gasteiger partial charge in [-0.05, 0) is 32.2 Å². The number of aliphatic carboxylic acids is 1. The van der Waals surface area contributed by atoms with Crippen molar-refractivity contribution >= 4 is 5.97 Å². The van der Waals surface area contributed by atoms with Gasteiger partial charge < -0.3 is 15.5 Å². The number of nitrogens with one attached hydrogen (secondary N) is 1. The van der Waals surface area contributed by atoms with Crippen LogP contribution in [0.5, 0.6) is 0 Å². The van der Waals surface area contributed by atoms with E-state index >= 15 is 0 Å². The lowest BCUT2D eigenvalue weighted by Crippen LogP contribution is -2.17. The van der Waals surface area contributed by atoms with E-state index in [0.717, 1.165) is 51.5 Å². The van der Waals surface area contributed by atoms with Crippen LogP contribution in [0.3, 0.4) is 0 Å². The number of hydrogen-bond acceptors (Lipinski definition) is 3. The highest BCUT2D eigenvalue weighted by atomic mass is 16.4. The highest BCUT2D eigenvalue weighted by Crippen LogP contribution is 2.13. The summed E-state index contributed by atoms with van der Waals surface area (Å²) in [5.41, 5.74) is 0. The predicted octanol–water partition coefficient (Wildman–Crippen LogP) is 4.30. The molecule has 0 aliphatic carbocycles. The Morgan fingerprint density at radius 1 is 1.00 bits per heavy atom. The van der Waals surface area contributed by atoms with Gasteiger partial charge in [-0.25, -0.2) is 0 Å². The van der Waals surface area contributed by atoms with Crippen LogP contribution in [0, 0.1) is 5.92 Å². The Hall–Kier alpha value is -1.13. The molecule has 0 rings (SSSR count). The van der Waals surface area contributed by atoms with Crippen LogP contribution in [0.2, 0.25) is 0 Å². The molecule has 0 saturated heterocycles. The molecule has 4 heteroatoms. The molecular weight excluding hydrogens is 302 g/mol. The summed E-state index contributed by atoms with van der Waals surface area (Å²) in [7, 11) is 1.96. The fourth-order valence-electron chi connectivity index (χ4n) is 2.68. The van der Waals surface area contributed by atoms with Gasteiger partial charge in [0, 0.05) is 13.0 Å². The van der Waals surface area contributed by atoms with Gasteiger partial charge in [0.15, 0.2) is 0 Å². The SMILES string of the molecule is CCCCC[C@H](O)/C=C/C=C/[C@H](CCCCCCC(=O)O)CNC. The number of allylic oxidation sites excluding steroid dienone is 2. The Morgan fingerprint density at radius 2 is 1.67 bits per heavy atom. The molecule has 140 valence electrons. The van der Waals surface area contributed by atoms with Crippen LogP contribution in [0.1, 0.15) is 71.1 Å². The van der Waals surface area contributed by atoms with Crippen LogP contribution in [-0.4, -0.2) is 35.9 Å². The summed E-state index contributed by atoms with van der Waals surface area (Å²) >= 11 is 0. The molecule has 0 saturated carbocycles. The zero-order valence-electron chi connectivity index (χ0n) is 15.5. The number of hydrogen-bond donors (Lipinski definition) is 3. The molecule has 0 heterocycles. The first-order valence-electron chi connectivity index (χ1n) is 9.49. The highest BCUT2D eigenvalue weighted by Gasteiger charge is 2.03. The number of carboxylic acids is 1. The smallest absolute Gasteiger partial charge is 0.303 e. The molecule has 0 aromatic carbocycles. The number of aliphatic hydroxyl groups excluding tert-OH is 1. The standard InChI is InChI=1S/C20H37NO3/c1-3-4-7-14-19(22)15-11-10-13-18(17-21-2)12-8-5-6-9-16-20(23)24/h10-11,13,15,18-19,21-22H,3-9,12,14,16-17H2,1-2H3,(H,23,24)/b13-10+,15-11+/t18-,19-/m0/s1. The molecule has 0 aliphatic heterocycles. The maximum atomic E-state index is 10.5. The maximum Gasteiger partial charge on any atom is 0.303 e. The van der Waals surface area contributed by atoms with Gasteiger partial charge in [0.05, 0.1) is 6.10 Å². The van der Waals surface area contributed by atoms with Crippen molar-refractivity contribution in [3.63, 3.8) is 0 Å². The maximum absolute atomic E-state index is 10.5. The minimum atomic E-state index is -0.699. The van der Waals surface area contributed by atoms with Gasteiger partial charge in [0.2, 0.25) is 0 Å². The topological polar surface area (TPSA) is 69.6 Å². The molecule has 0 aliphatic rings. The average Bonchev–Trinajstić information content (AvgIpc) is 2.54. The van der Waals surface area contributed by atoms with Crippen molar-refractivity contribution in [1.29, 1.82) is 0 Å². The largest absolute Gasteiger partial charge is 0.481 e. The van der Waals surface area contributed by atoms with Crippen LogP contribution in [-0.2, 0) is 4.79 Å². The summed E-state index contributed by atoms with van der Waals surface area (Å²) in [5, 5.41) is 21.7. The van der Waals surface area contributed by atoms with E-state index in [0.29, 0.717) is 5.92 Å². The minimum absolute atomic E-state index is 0.283. The fourth-order valence-corrected chi connectivity index (χ4v) is 2.68. The Balaban J connectivity index is 3.93. The Labute approximate surface area is 148 Å². The fraction of sp³-hybridized carbons (Fsp3) is 0.750. The number of carboxylic acid groups (broad SMARTS) is 1. The van der Waals surface area contributed by atoms with E-state index < -0.39 is 5.97 Å². The van der Waals surface area contributed by atoms with Gasteiger partial charge in [-0.2, -0.15) is 0 Å². The molecule has 4 nitrogen and oxygen atoms in total. The Morgan fingerprint density at radius 3 is 2.33 bits per heavy atom. The van der Waals surface area contributed by atoms with E-state index in [-0.39, 0.29) is 12.5 Å². The Bertz CT molecular complexity index is 353. The van der Waals surface area contributed by atoms with E-state index in [2.05, 4.69) is 18.3 Å². The second kappa shape index (κ2) is 16.7. The van der Waals surface area contributed by atoms with Gasteiger partial charge in [-0.15, -0.1) is 0 Å². The second-order valence-electron chi connectivity index (χ2n) is 6.50. The van der Waals surface area contributed by atoms with Gasteiger partial charge >= 0.3 is 5.97 Å². The number of carbonyl (C=O) groups is 1. The van der Waals surface area contributed by atoms with Crippen LogP contribution < -0.4 is 5.32 Å². The molecule has 0 unspecified atom stereocenters. The molecule has 0 amide bonds. The third kappa shape index (κ3) is 15.8. The van der Waals surface area contributed by atoms with Gasteiger partial charge in [-0.1, -0.05) is 69.8 Å². The number of rotatable bonds is 16. The normalized spacial score (nSPS) is 14.5. The molecule has 0 fully saturated rings. The molecule has 24 heavy (non-hydrogen) atoms. The molecule has 0 aromatic heterocycles. The van der Waals surface area contributed by atoms with E-state index in [1.165, 1.54) is 12.8 Å². The van der Waals surface area contributed by atoms with Crippen LogP contribution in [0.4, 0.5) is 0 Å². The van der Waals surface area contributed by atoms with Crippen molar-refractivity contribution in [3.8, 4) is 0 Å². The van der Waals surface area contributed by atoms with Crippen molar-refractivity contribution in [2.75, 3.05) is 13.6 Å². The zero-order chi connectivity index (χ0) is 18.0. The van der Waals surface area contributed by atoms with Gasteiger partial charge in [-0.3, -0.25) is 4.79 Å². The van der Waals surface area contributed by atoms with Crippen molar-refractivity contribution in [1.82, 2.24) is 5.32 Å². The quantitative estimate of drug-likeness (QED) is 0.290. The summed E-state index contributed by atoms with van der Waals surface area (Å²) < 4.78 is 0. The third-order valence-electron chi connectivity index (χ3n) is 4.11. The van der Waals surface area contributed by atoms with Gasteiger partial charge in [0.1, 0.15) is 0 Å². The highest BCUT2D eigenvalue weighted by molar-refractivity contribution is 5.66. The molecule has 2 atom stereocenters. The van der Waals surface area contributed by atoms with E-state index in [1.54, 1.807) is 0 Å². The predicted molar refractivity (Wildman–Crippen MR) is 101 cm³/mol. The molecular formula is C20H37NO3. The molecule has 0 bridgehead atoms. The first kappa shape index (κ1) is 22.9. The summed E-state index contributed by atoms with van der Waals surface area (Å²) in [5.74, 6) is -0.217. The van der Waals surface area contributed by atoms with E-state index in [9.17, 15) is 9.90 Å². The number of unbranched alkanes of at least 4 members (excludes halogenated alkanes) is 5. The molecule has 3 N–H and O–H groups in total. The first-order valence-corrected chi connectivity index (χ1v) is 9.49. The van der Waals surface area contributed by atoms with Crippen molar-refractivity contribution in [2.24, 2.45) is 5.92 Å². The van der Waals surface area contributed by atoms with Crippen molar-refractivity contribution < 1.29 is 15.0 Å². The molecule has 0 radical (unpaired) electrons. The summed E-state index contributed by atoms with van der Waals surface area (Å²) in [6.45, 7) is 3.11. The van der Waals surface area contributed by atoms with Crippen molar-refractivity contribution in [3.05, 3.63) is 24.3 Å².